The molecule has 0 fully saturated rings. The van der Waals surface area contributed by atoms with Crippen LogP contribution in [-0.2, 0) is 11.0 Å². The smallest absolute Gasteiger partial charge is 0.313 e. The summed E-state index contributed by atoms with van der Waals surface area (Å²) in [6.07, 6.45) is 5.85. The third-order valence-electron chi connectivity index (χ3n) is 1.15. The van der Waals surface area contributed by atoms with Crippen LogP contribution in [0.3, 0.4) is 0 Å². The lowest BCUT2D eigenvalue weighted by molar-refractivity contribution is 0.374. The van der Waals surface area contributed by atoms with Crippen LogP contribution in [0.5, 0.6) is 0 Å². The molecule has 1 rings (SSSR count). The minimum atomic E-state index is -4.14. The van der Waals surface area contributed by atoms with Crippen molar-refractivity contribution in [3.8, 4) is 12.3 Å². The molecular weight excluding hydrogens is 201 g/mol. The van der Waals surface area contributed by atoms with E-state index in [0.717, 1.165) is 6.42 Å². The summed E-state index contributed by atoms with van der Waals surface area (Å²) in [6.45, 7) is 0. The summed E-state index contributed by atoms with van der Waals surface area (Å²) >= 11 is 0. The maximum Gasteiger partial charge on any atom is 0.397 e. The summed E-state index contributed by atoms with van der Waals surface area (Å²) in [5, 5.41) is 0. The van der Waals surface area contributed by atoms with Gasteiger partial charge in [0.15, 0.2) is 0 Å². The first-order chi connectivity index (χ1) is 6.43. The van der Waals surface area contributed by atoms with Crippen molar-refractivity contribution in [1.29, 1.82) is 0 Å². The van der Waals surface area contributed by atoms with Gasteiger partial charge in [0.25, 0.3) is 0 Å². The Morgan fingerprint density at radius 2 is 1.79 bits per heavy atom. The Morgan fingerprint density at radius 3 is 2.14 bits per heavy atom. The van der Waals surface area contributed by atoms with Crippen molar-refractivity contribution < 1.29 is 14.4 Å². The van der Waals surface area contributed by atoms with Gasteiger partial charge in [0, 0.05) is 6.42 Å². The van der Waals surface area contributed by atoms with E-state index >= 15 is 0 Å². The van der Waals surface area contributed by atoms with Crippen molar-refractivity contribution in [2.24, 2.45) is 5.50 Å². The fraction of sp³-hybridized carbons (Fsp3) is 0.111. The third-order valence-corrected chi connectivity index (χ3v) is 1.15. The van der Waals surface area contributed by atoms with Gasteiger partial charge >= 0.3 is 7.75 Å². The Bertz CT molecular complexity index is 331. The first-order valence-electron chi connectivity index (χ1n) is 3.75. The van der Waals surface area contributed by atoms with Gasteiger partial charge in [0.05, 0.1) is 0 Å². The first kappa shape index (κ1) is 12.9. The summed E-state index contributed by atoms with van der Waals surface area (Å²) in [4.78, 5) is 14.8. The second kappa shape index (κ2) is 6.36. The van der Waals surface area contributed by atoms with Crippen LogP contribution in [0.25, 0.3) is 0 Å². The van der Waals surface area contributed by atoms with Crippen molar-refractivity contribution in [1.82, 2.24) is 0 Å². The highest BCUT2D eigenvalue weighted by molar-refractivity contribution is 7.49. The van der Waals surface area contributed by atoms with Crippen LogP contribution in [0.1, 0.15) is 5.56 Å². The molecule has 1 aromatic rings. The fourth-order valence-electron chi connectivity index (χ4n) is 0.714. The average molecular weight is 213 g/mol. The van der Waals surface area contributed by atoms with Crippen LogP contribution in [0.4, 0.5) is 0 Å². The third kappa shape index (κ3) is 10.9. The van der Waals surface area contributed by atoms with Gasteiger partial charge in [0.2, 0.25) is 0 Å². The molecule has 14 heavy (non-hydrogen) atoms. The summed E-state index contributed by atoms with van der Waals surface area (Å²) in [7, 11) is -4.14. The molecule has 0 unspecified atom stereocenters. The molecule has 0 bridgehead atoms. The number of hydrogen-bond donors (Lipinski definition) is 3. The van der Waals surface area contributed by atoms with Gasteiger partial charge in [-0.2, -0.15) is 0 Å². The minimum absolute atomic E-state index is 0.737. The zero-order valence-corrected chi connectivity index (χ0v) is 8.39. The van der Waals surface area contributed by atoms with E-state index < -0.39 is 7.75 Å². The maximum absolute atomic E-state index is 9.10. The molecule has 76 valence electrons. The molecule has 0 saturated heterocycles. The highest BCUT2D eigenvalue weighted by Gasteiger charge is 1.96. The van der Waals surface area contributed by atoms with E-state index in [2.05, 4.69) is 11.4 Å². The van der Waals surface area contributed by atoms with Crippen molar-refractivity contribution in [2.45, 2.75) is 6.42 Å². The molecule has 0 radical (unpaired) electrons. The van der Waals surface area contributed by atoms with Gasteiger partial charge in [-0.25, -0.2) is 10.1 Å². The van der Waals surface area contributed by atoms with Crippen LogP contribution in [0.15, 0.2) is 30.3 Å². The second-order valence-electron chi connectivity index (χ2n) is 2.46. The van der Waals surface area contributed by atoms with E-state index in [0.29, 0.717) is 0 Å². The zero-order valence-electron chi connectivity index (χ0n) is 7.50. The topological polar surface area (TPSA) is 83.6 Å². The Morgan fingerprint density at radius 1 is 1.36 bits per heavy atom. The Balaban J connectivity index is 0.000000292. The number of benzene rings is 1. The Labute approximate surface area is 83.0 Å². The number of hydrogen-bond acceptors (Lipinski definition) is 1. The maximum atomic E-state index is 9.10. The molecule has 0 aromatic heterocycles. The molecule has 0 aliphatic carbocycles. The van der Waals surface area contributed by atoms with Gasteiger partial charge < -0.3 is 9.79 Å². The minimum Gasteiger partial charge on any atom is -0.313 e. The average Bonchev–Trinajstić information content (AvgIpc) is 2.03. The van der Waals surface area contributed by atoms with Crippen molar-refractivity contribution in [3.05, 3.63) is 35.9 Å². The van der Waals surface area contributed by atoms with E-state index in [1.165, 1.54) is 5.56 Å². The largest absolute Gasteiger partial charge is 0.397 e. The van der Waals surface area contributed by atoms with Crippen molar-refractivity contribution >= 4 is 7.75 Å². The molecule has 5 heteroatoms. The molecule has 4 nitrogen and oxygen atoms in total. The van der Waals surface area contributed by atoms with Gasteiger partial charge in [-0.05, 0) is 5.56 Å². The Kier molecular flexibility index (Phi) is 5.86. The van der Waals surface area contributed by atoms with Gasteiger partial charge in [0.1, 0.15) is 0 Å². The molecule has 0 atom stereocenters. The highest BCUT2D eigenvalue weighted by atomic mass is 31.2. The monoisotopic (exact) mass is 213 g/mol. The number of nitrogens with two attached hydrogens (primary N) is 1. The Hall–Kier alpha value is -1.11. The standard InChI is InChI=1S/C9H8.H4NO3P/c1-2-6-9-7-4-3-5-8-9;1-5(2,3)4/h1,3-5,7-8H,6H2;(H4,1,2,3,4). The van der Waals surface area contributed by atoms with Gasteiger partial charge in [-0.15, -0.1) is 12.3 Å². The van der Waals surface area contributed by atoms with Crippen LogP contribution >= 0.6 is 7.75 Å². The number of terminal acetylenes is 1. The molecule has 0 saturated carbocycles. The van der Waals surface area contributed by atoms with Crippen LogP contribution in [0, 0.1) is 12.3 Å². The van der Waals surface area contributed by atoms with Crippen molar-refractivity contribution in [3.63, 3.8) is 0 Å². The SMILES string of the molecule is C#CCc1ccccc1.NP(=O)(O)O. The lowest BCUT2D eigenvalue weighted by Gasteiger charge is -1.89. The molecule has 0 spiro atoms. The molecule has 1 aromatic carbocycles. The van der Waals surface area contributed by atoms with Crippen LogP contribution < -0.4 is 5.50 Å². The fourth-order valence-corrected chi connectivity index (χ4v) is 0.714. The van der Waals surface area contributed by atoms with E-state index in [9.17, 15) is 0 Å². The van der Waals surface area contributed by atoms with Gasteiger partial charge in [-0.3, -0.25) is 0 Å². The zero-order chi connectivity index (χ0) is 11.0. The quantitative estimate of drug-likeness (QED) is 0.478. The predicted octanol–water partition coefficient (Wildman–Crippen LogP) is 0.900. The van der Waals surface area contributed by atoms with E-state index in [1.54, 1.807) is 0 Å². The van der Waals surface area contributed by atoms with Crippen molar-refractivity contribution in [2.75, 3.05) is 0 Å². The molecule has 0 amide bonds. The number of rotatable bonds is 1. The summed E-state index contributed by atoms with van der Waals surface area (Å²) in [5.41, 5.74) is 5.23. The van der Waals surface area contributed by atoms with Crippen LogP contribution in [0.2, 0.25) is 0 Å². The van der Waals surface area contributed by atoms with E-state index in [1.807, 2.05) is 30.3 Å². The molecule has 4 N–H and O–H groups in total. The molecule has 0 aliphatic heterocycles. The van der Waals surface area contributed by atoms with E-state index in [4.69, 9.17) is 20.8 Å². The summed E-state index contributed by atoms with van der Waals surface area (Å²) in [5.74, 6) is 2.58. The second-order valence-corrected chi connectivity index (χ2v) is 3.63. The summed E-state index contributed by atoms with van der Waals surface area (Å²) in [6, 6.07) is 10.0. The highest BCUT2D eigenvalue weighted by Crippen LogP contribution is 2.20. The summed E-state index contributed by atoms with van der Waals surface area (Å²) < 4.78 is 9.10. The predicted molar refractivity (Wildman–Crippen MR) is 55.2 cm³/mol. The van der Waals surface area contributed by atoms with Gasteiger partial charge in [-0.1, -0.05) is 30.3 Å². The van der Waals surface area contributed by atoms with Crippen LogP contribution in [-0.4, -0.2) is 9.79 Å². The molecule has 0 heterocycles. The van der Waals surface area contributed by atoms with E-state index in [-0.39, 0.29) is 0 Å². The molecular formula is C9H12NO3P. The normalized spacial score (nSPS) is 9.57. The molecule has 0 aliphatic rings. The lowest BCUT2D eigenvalue weighted by atomic mass is 10.2. The lowest BCUT2D eigenvalue weighted by Crippen LogP contribution is -1.87. The first-order valence-corrected chi connectivity index (χ1v) is 5.43.